The molecule has 11 heteroatoms. The summed E-state index contributed by atoms with van der Waals surface area (Å²) < 4.78 is 10.1. The van der Waals surface area contributed by atoms with Crippen molar-refractivity contribution in [2.75, 3.05) is 31.6 Å². The number of hydrogen-bond donors (Lipinski definition) is 0. The number of carbonyl (C=O) groups excluding carboxylic acids is 2. The minimum Gasteiger partial charge on any atom is -0.467 e. The Kier molecular flexibility index (Phi) is 6.09. The number of anilines is 1. The Morgan fingerprint density at radius 2 is 2.00 bits per heavy atom. The highest BCUT2D eigenvalue weighted by Gasteiger charge is 2.39. The van der Waals surface area contributed by atoms with Gasteiger partial charge in [0.15, 0.2) is 0 Å². The Balaban J connectivity index is 2.34. The second-order valence-electron chi connectivity index (χ2n) is 6.89. The van der Waals surface area contributed by atoms with E-state index in [1.165, 1.54) is 29.0 Å². The van der Waals surface area contributed by atoms with Gasteiger partial charge in [-0.3, -0.25) is 10.1 Å². The van der Waals surface area contributed by atoms with Crippen LogP contribution >= 0.6 is 11.6 Å². The lowest BCUT2D eigenvalue weighted by Gasteiger charge is -2.40. The van der Waals surface area contributed by atoms with Crippen LogP contribution in [0.4, 0.5) is 16.3 Å². The van der Waals surface area contributed by atoms with Crippen LogP contribution in [0, 0.1) is 10.1 Å². The van der Waals surface area contributed by atoms with E-state index >= 15 is 0 Å². The molecule has 0 saturated carbocycles. The lowest BCUT2D eigenvalue weighted by molar-refractivity contribution is -0.384. The topological polar surface area (TPSA) is 115 Å². The van der Waals surface area contributed by atoms with Crippen LogP contribution in [-0.4, -0.2) is 65.3 Å². The Bertz CT molecular complexity index is 751. The smallest absolute Gasteiger partial charge is 0.410 e. The van der Waals surface area contributed by atoms with Crippen molar-refractivity contribution in [3.8, 4) is 0 Å². The lowest BCUT2D eigenvalue weighted by atomic mass is 10.1. The highest BCUT2D eigenvalue weighted by Crippen LogP contribution is 2.31. The fourth-order valence-corrected chi connectivity index (χ4v) is 2.78. The van der Waals surface area contributed by atoms with Crippen molar-refractivity contribution >= 4 is 35.2 Å². The molecular formula is C16H21ClN4O6. The van der Waals surface area contributed by atoms with Crippen LogP contribution in [0.25, 0.3) is 0 Å². The van der Waals surface area contributed by atoms with Gasteiger partial charge < -0.3 is 19.3 Å². The molecule has 0 bridgehead atoms. The summed E-state index contributed by atoms with van der Waals surface area (Å²) in [6, 6.07) is 1.54. The molecule has 1 atom stereocenters. The molecule has 0 spiro atoms. The number of piperazine rings is 1. The second kappa shape index (κ2) is 7.95. The summed E-state index contributed by atoms with van der Waals surface area (Å²) in [4.78, 5) is 42.2. The van der Waals surface area contributed by atoms with Crippen molar-refractivity contribution in [1.29, 1.82) is 0 Å². The maximum absolute atomic E-state index is 12.3. The standard InChI is InChI=1S/C16H21ClN4O6/c1-16(2,3)27-15(23)19-7-8-20(11(9-19)14(22)26-4)13-10(21(24)25)5-6-12(17)18-13/h5-6,11H,7-9H2,1-4H3. The van der Waals surface area contributed by atoms with E-state index in [1.807, 2.05) is 0 Å². The number of halogens is 1. The van der Waals surface area contributed by atoms with E-state index in [9.17, 15) is 19.7 Å². The number of carbonyl (C=O) groups is 2. The number of nitro groups is 1. The molecule has 1 saturated heterocycles. The van der Waals surface area contributed by atoms with Gasteiger partial charge in [-0.05, 0) is 26.8 Å². The molecule has 1 fully saturated rings. The first-order valence-corrected chi connectivity index (χ1v) is 8.54. The Hall–Kier alpha value is -2.62. The molecule has 0 aromatic carbocycles. The number of nitrogens with zero attached hydrogens (tertiary/aromatic N) is 4. The first-order valence-electron chi connectivity index (χ1n) is 8.17. The zero-order valence-electron chi connectivity index (χ0n) is 15.5. The van der Waals surface area contributed by atoms with E-state index in [0.717, 1.165) is 0 Å². The third-order valence-corrected chi connectivity index (χ3v) is 4.01. The number of rotatable bonds is 3. The lowest BCUT2D eigenvalue weighted by Crippen LogP contribution is -2.59. The third kappa shape index (κ3) is 4.97. The molecule has 27 heavy (non-hydrogen) atoms. The molecular weight excluding hydrogens is 380 g/mol. The van der Waals surface area contributed by atoms with Crippen LogP contribution in [0.1, 0.15) is 20.8 Å². The van der Waals surface area contributed by atoms with Gasteiger partial charge in [-0.15, -0.1) is 0 Å². The molecule has 1 aliphatic heterocycles. The first-order chi connectivity index (χ1) is 12.5. The molecule has 0 aliphatic carbocycles. The van der Waals surface area contributed by atoms with E-state index in [2.05, 4.69) is 4.98 Å². The number of ether oxygens (including phenoxy) is 2. The largest absolute Gasteiger partial charge is 0.467 e. The maximum Gasteiger partial charge on any atom is 0.410 e. The second-order valence-corrected chi connectivity index (χ2v) is 7.28. The van der Waals surface area contributed by atoms with Gasteiger partial charge in [0.2, 0.25) is 5.82 Å². The number of pyridine rings is 1. The van der Waals surface area contributed by atoms with Crippen LogP contribution in [-0.2, 0) is 14.3 Å². The SMILES string of the molecule is COC(=O)C1CN(C(=O)OC(C)(C)C)CCN1c1nc(Cl)ccc1[N+](=O)[O-]. The first kappa shape index (κ1) is 20.7. The summed E-state index contributed by atoms with van der Waals surface area (Å²) in [6.45, 7) is 5.45. The summed E-state index contributed by atoms with van der Waals surface area (Å²) in [5.41, 5.74) is -0.985. The quantitative estimate of drug-likeness (QED) is 0.328. The van der Waals surface area contributed by atoms with Crippen molar-refractivity contribution in [3.63, 3.8) is 0 Å². The fraction of sp³-hybridized carbons (Fsp3) is 0.562. The van der Waals surface area contributed by atoms with Crippen molar-refractivity contribution in [1.82, 2.24) is 9.88 Å². The predicted molar refractivity (Wildman–Crippen MR) is 96.9 cm³/mol. The van der Waals surface area contributed by atoms with Gasteiger partial charge in [0.05, 0.1) is 18.6 Å². The number of methoxy groups -OCH3 is 1. The number of hydrogen-bond acceptors (Lipinski definition) is 8. The number of aromatic nitrogens is 1. The van der Waals surface area contributed by atoms with Crippen LogP contribution in [0.3, 0.4) is 0 Å². The summed E-state index contributed by atoms with van der Waals surface area (Å²) in [5.74, 6) is -0.703. The van der Waals surface area contributed by atoms with Crippen molar-refractivity contribution in [2.45, 2.75) is 32.4 Å². The minimum atomic E-state index is -0.985. The zero-order valence-corrected chi connectivity index (χ0v) is 16.2. The van der Waals surface area contributed by atoms with Crippen molar-refractivity contribution in [3.05, 3.63) is 27.4 Å². The van der Waals surface area contributed by atoms with Crippen molar-refractivity contribution < 1.29 is 24.0 Å². The summed E-state index contributed by atoms with van der Waals surface area (Å²) in [5, 5.41) is 11.4. The molecule has 10 nitrogen and oxygen atoms in total. The van der Waals surface area contributed by atoms with Crippen LogP contribution in [0.2, 0.25) is 5.15 Å². The Labute approximate surface area is 161 Å². The van der Waals surface area contributed by atoms with E-state index in [1.54, 1.807) is 20.8 Å². The van der Waals surface area contributed by atoms with Gasteiger partial charge in [-0.25, -0.2) is 14.6 Å². The summed E-state index contributed by atoms with van der Waals surface area (Å²) in [6.07, 6.45) is -0.579. The van der Waals surface area contributed by atoms with E-state index in [0.29, 0.717) is 0 Å². The molecule has 1 aliphatic rings. The molecule has 0 N–H and O–H groups in total. The van der Waals surface area contributed by atoms with Crippen LogP contribution < -0.4 is 4.90 Å². The van der Waals surface area contributed by atoms with Gasteiger partial charge in [0.1, 0.15) is 16.8 Å². The molecule has 1 amide bonds. The molecule has 1 unspecified atom stereocenters. The summed E-state index contributed by atoms with van der Waals surface area (Å²) in [7, 11) is 1.20. The summed E-state index contributed by atoms with van der Waals surface area (Å²) >= 11 is 5.89. The van der Waals surface area contributed by atoms with Crippen LogP contribution in [0.5, 0.6) is 0 Å². The monoisotopic (exact) mass is 400 g/mol. The van der Waals surface area contributed by atoms with E-state index < -0.39 is 28.6 Å². The molecule has 148 valence electrons. The van der Waals surface area contributed by atoms with Gasteiger partial charge >= 0.3 is 17.7 Å². The molecule has 1 aromatic heterocycles. The normalized spacial score (nSPS) is 17.4. The molecule has 2 rings (SSSR count). The van der Waals surface area contributed by atoms with E-state index in [-0.39, 0.29) is 36.3 Å². The highest BCUT2D eigenvalue weighted by molar-refractivity contribution is 6.29. The molecule has 2 heterocycles. The highest BCUT2D eigenvalue weighted by atomic mass is 35.5. The van der Waals surface area contributed by atoms with Crippen LogP contribution in [0.15, 0.2) is 12.1 Å². The maximum atomic E-state index is 12.3. The minimum absolute atomic E-state index is 0.0493. The fourth-order valence-electron chi connectivity index (χ4n) is 2.64. The Morgan fingerprint density at radius 3 is 2.56 bits per heavy atom. The predicted octanol–water partition coefficient (Wildman–Crippen LogP) is 2.24. The van der Waals surface area contributed by atoms with E-state index in [4.69, 9.17) is 21.1 Å². The Morgan fingerprint density at radius 1 is 1.33 bits per heavy atom. The van der Waals surface area contributed by atoms with Gasteiger partial charge in [-0.2, -0.15) is 0 Å². The molecule has 0 radical (unpaired) electrons. The number of esters is 1. The van der Waals surface area contributed by atoms with Gasteiger partial charge in [-0.1, -0.05) is 11.6 Å². The average molecular weight is 401 g/mol. The average Bonchev–Trinajstić information content (AvgIpc) is 2.58. The number of amides is 1. The molecule has 1 aromatic rings. The van der Waals surface area contributed by atoms with Crippen molar-refractivity contribution in [2.24, 2.45) is 0 Å². The van der Waals surface area contributed by atoms with Gasteiger partial charge in [0.25, 0.3) is 0 Å². The zero-order chi connectivity index (χ0) is 20.4. The third-order valence-electron chi connectivity index (χ3n) is 3.79. The van der Waals surface area contributed by atoms with Gasteiger partial charge in [0, 0.05) is 19.2 Å².